The normalized spacial score (nSPS) is 26.2. The van der Waals surface area contributed by atoms with Crippen molar-refractivity contribution >= 4 is 5.84 Å². The van der Waals surface area contributed by atoms with E-state index in [1.54, 1.807) is 0 Å². The predicted molar refractivity (Wildman–Crippen MR) is 62.7 cm³/mol. The van der Waals surface area contributed by atoms with Crippen molar-refractivity contribution in [3.05, 3.63) is 0 Å². The zero-order chi connectivity index (χ0) is 11.1. The van der Waals surface area contributed by atoms with Crippen molar-refractivity contribution in [2.24, 2.45) is 16.8 Å². The minimum atomic E-state index is 0.477. The van der Waals surface area contributed by atoms with E-state index in [0.29, 0.717) is 12.0 Å². The number of hydrogen-bond donors (Lipinski definition) is 2. The van der Waals surface area contributed by atoms with Crippen LogP contribution < -0.4 is 11.3 Å². The molecule has 1 rings (SSSR count). The number of hydrazine groups is 1. The van der Waals surface area contributed by atoms with E-state index in [1.807, 2.05) is 6.92 Å². The van der Waals surface area contributed by atoms with Crippen LogP contribution in [0, 0.1) is 5.92 Å². The van der Waals surface area contributed by atoms with Crippen LogP contribution in [0.5, 0.6) is 0 Å². The molecule has 1 fully saturated rings. The number of hydrogen-bond acceptors (Lipinski definition) is 3. The van der Waals surface area contributed by atoms with Crippen LogP contribution in [0.15, 0.2) is 4.99 Å². The van der Waals surface area contributed by atoms with Gasteiger partial charge in [0.2, 0.25) is 0 Å². The van der Waals surface area contributed by atoms with Gasteiger partial charge in [0.1, 0.15) is 5.84 Å². The molecule has 0 heterocycles. The molecule has 15 heavy (non-hydrogen) atoms. The largest absolute Gasteiger partial charge is 0.378 e. The first-order valence-corrected chi connectivity index (χ1v) is 5.91. The second-order valence-corrected chi connectivity index (χ2v) is 4.09. The summed E-state index contributed by atoms with van der Waals surface area (Å²) < 4.78 is 5.51. The molecule has 0 saturated heterocycles. The van der Waals surface area contributed by atoms with Gasteiger partial charge in [-0.1, -0.05) is 6.92 Å². The zero-order valence-electron chi connectivity index (χ0n) is 9.83. The number of ether oxygens (including phenoxy) is 1. The molecule has 0 aromatic carbocycles. The fourth-order valence-corrected chi connectivity index (χ4v) is 1.90. The van der Waals surface area contributed by atoms with E-state index in [-0.39, 0.29) is 0 Å². The van der Waals surface area contributed by atoms with Crippen LogP contribution in [0.1, 0.15) is 39.5 Å². The van der Waals surface area contributed by atoms with Crippen LogP contribution in [0.4, 0.5) is 0 Å². The highest BCUT2D eigenvalue weighted by Gasteiger charge is 2.30. The molecule has 3 N–H and O–H groups in total. The third-order valence-corrected chi connectivity index (χ3v) is 2.77. The van der Waals surface area contributed by atoms with Gasteiger partial charge in [-0.2, -0.15) is 0 Å². The maximum absolute atomic E-state index is 5.51. The minimum absolute atomic E-state index is 0.477. The highest BCUT2D eigenvalue weighted by Crippen LogP contribution is 2.32. The molecular formula is C11H23N3O. The van der Waals surface area contributed by atoms with Crippen LogP contribution in [0.25, 0.3) is 0 Å². The smallest absolute Gasteiger partial charge is 0.111 e. The Bertz CT molecular complexity index is 200. The molecule has 0 spiro atoms. The molecule has 1 aliphatic carbocycles. The van der Waals surface area contributed by atoms with Gasteiger partial charge in [0.05, 0.1) is 6.10 Å². The van der Waals surface area contributed by atoms with Crippen LogP contribution in [0.3, 0.4) is 0 Å². The highest BCUT2D eigenvalue weighted by atomic mass is 16.5. The molecule has 0 bridgehead atoms. The maximum atomic E-state index is 5.51. The number of nitrogens with one attached hydrogen (secondary N) is 1. The molecule has 0 aliphatic heterocycles. The summed E-state index contributed by atoms with van der Waals surface area (Å²) in [5, 5.41) is 0. The van der Waals surface area contributed by atoms with Crippen molar-refractivity contribution in [1.82, 2.24) is 5.43 Å². The molecule has 0 amide bonds. The highest BCUT2D eigenvalue weighted by molar-refractivity contribution is 5.81. The standard InChI is InChI=1S/C11H23N3O/c1-3-5-13-11(14-12)8-9-6-10(7-9)15-4-2/h9-10H,3-8,12H2,1-2H3,(H,13,14). The Kier molecular flexibility index (Phi) is 5.65. The first-order chi connectivity index (χ1) is 7.30. The van der Waals surface area contributed by atoms with Gasteiger partial charge in [0.15, 0.2) is 0 Å². The fraction of sp³-hybridized carbons (Fsp3) is 0.909. The minimum Gasteiger partial charge on any atom is -0.378 e. The molecule has 88 valence electrons. The Morgan fingerprint density at radius 3 is 2.73 bits per heavy atom. The first kappa shape index (κ1) is 12.5. The van der Waals surface area contributed by atoms with E-state index in [1.165, 1.54) is 0 Å². The molecule has 0 atom stereocenters. The summed E-state index contributed by atoms with van der Waals surface area (Å²) in [4.78, 5) is 4.39. The van der Waals surface area contributed by atoms with Crippen molar-refractivity contribution in [2.45, 2.75) is 45.6 Å². The third kappa shape index (κ3) is 4.18. The van der Waals surface area contributed by atoms with E-state index in [9.17, 15) is 0 Å². The number of nitrogens with zero attached hydrogens (tertiary/aromatic N) is 1. The molecular weight excluding hydrogens is 190 g/mol. The van der Waals surface area contributed by atoms with Crippen LogP contribution in [-0.4, -0.2) is 25.1 Å². The van der Waals surface area contributed by atoms with Crippen molar-refractivity contribution < 1.29 is 4.74 Å². The van der Waals surface area contributed by atoms with E-state index < -0.39 is 0 Å². The Morgan fingerprint density at radius 2 is 2.20 bits per heavy atom. The van der Waals surface area contributed by atoms with Gasteiger partial charge in [-0.25, -0.2) is 5.84 Å². The van der Waals surface area contributed by atoms with Gasteiger partial charge in [-0.05, 0) is 32.1 Å². The number of amidine groups is 1. The lowest BCUT2D eigenvalue weighted by molar-refractivity contribution is -0.0223. The summed E-state index contributed by atoms with van der Waals surface area (Å²) in [6.07, 6.45) is 4.82. The molecule has 4 nitrogen and oxygen atoms in total. The lowest BCUT2D eigenvalue weighted by atomic mass is 9.80. The summed E-state index contributed by atoms with van der Waals surface area (Å²) in [6.45, 7) is 5.85. The average molecular weight is 213 g/mol. The molecule has 1 saturated carbocycles. The Morgan fingerprint density at radius 1 is 1.47 bits per heavy atom. The number of aliphatic imine (C=N–C) groups is 1. The monoisotopic (exact) mass is 213 g/mol. The van der Waals surface area contributed by atoms with Gasteiger partial charge in [0, 0.05) is 19.6 Å². The summed E-state index contributed by atoms with van der Waals surface area (Å²) in [6, 6.07) is 0. The quantitative estimate of drug-likeness (QED) is 0.304. The van der Waals surface area contributed by atoms with Crippen molar-refractivity contribution in [1.29, 1.82) is 0 Å². The predicted octanol–water partition coefficient (Wildman–Crippen LogP) is 1.46. The summed E-state index contributed by atoms with van der Waals surface area (Å²) in [5.41, 5.74) is 2.69. The van der Waals surface area contributed by atoms with Crippen molar-refractivity contribution in [3.63, 3.8) is 0 Å². The summed E-state index contributed by atoms with van der Waals surface area (Å²) >= 11 is 0. The average Bonchev–Trinajstić information content (AvgIpc) is 2.20. The van der Waals surface area contributed by atoms with Gasteiger partial charge < -0.3 is 10.2 Å². The Labute approximate surface area is 92.3 Å². The van der Waals surface area contributed by atoms with Gasteiger partial charge >= 0.3 is 0 Å². The van der Waals surface area contributed by atoms with Crippen molar-refractivity contribution in [2.75, 3.05) is 13.2 Å². The van der Waals surface area contributed by atoms with Crippen molar-refractivity contribution in [3.8, 4) is 0 Å². The fourth-order valence-electron chi connectivity index (χ4n) is 1.90. The Balaban J connectivity index is 2.18. The van der Waals surface area contributed by atoms with E-state index in [0.717, 1.165) is 44.7 Å². The van der Waals surface area contributed by atoms with E-state index in [2.05, 4.69) is 17.3 Å². The second-order valence-electron chi connectivity index (χ2n) is 4.09. The topological polar surface area (TPSA) is 59.6 Å². The molecule has 0 radical (unpaired) electrons. The number of rotatable bonds is 6. The first-order valence-electron chi connectivity index (χ1n) is 5.91. The van der Waals surface area contributed by atoms with Gasteiger partial charge in [-0.3, -0.25) is 4.99 Å². The number of nitrogens with two attached hydrogens (primary N) is 1. The molecule has 0 unspecified atom stereocenters. The van der Waals surface area contributed by atoms with Crippen LogP contribution >= 0.6 is 0 Å². The third-order valence-electron chi connectivity index (χ3n) is 2.77. The Hall–Kier alpha value is -0.610. The molecule has 0 aromatic rings. The molecule has 4 heteroatoms. The van der Waals surface area contributed by atoms with E-state index >= 15 is 0 Å². The van der Waals surface area contributed by atoms with Gasteiger partial charge in [0.25, 0.3) is 0 Å². The lowest BCUT2D eigenvalue weighted by Gasteiger charge is -2.35. The lowest BCUT2D eigenvalue weighted by Crippen LogP contribution is -2.38. The SMILES string of the molecule is CCCN=C(CC1CC(OCC)C1)NN. The zero-order valence-corrected chi connectivity index (χ0v) is 9.83. The maximum Gasteiger partial charge on any atom is 0.111 e. The molecule has 0 aromatic heterocycles. The summed E-state index contributed by atoms with van der Waals surface area (Å²) in [5.74, 6) is 7.07. The second kappa shape index (κ2) is 6.80. The summed E-state index contributed by atoms with van der Waals surface area (Å²) in [7, 11) is 0. The van der Waals surface area contributed by atoms with E-state index in [4.69, 9.17) is 10.6 Å². The van der Waals surface area contributed by atoms with Crippen LogP contribution in [-0.2, 0) is 4.74 Å². The molecule has 1 aliphatic rings. The van der Waals surface area contributed by atoms with Crippen LogP contribution in [0.2, 0.25) is 0 Å². The van der Waals surface area contributed by atoms with Gasteiger partial charge in [-0.15, -0.1) is 0 Å².